The molecule has 0 aliphatic heterocycles. The Kier molecular flexibility index (Phi) is 6.76. The zero-order chi connectivity index (χ0) is 19.2. The molecule has 1 N–H and O–H groups in total. The fourth-order valence-electron chi connectivity index (χ4n) is 3.19. The van der Waals surface area contributed by atoms with Gasteiger partial charge in [0.15, 0.2) is 0 Å². The highest BCUT2D eigenvalue weighted by Crippen LogP contribution is 2.32. The number of carbonyl (C=O) groups excluding carboxylic acids is 2. The van der Waals surface area contributed by atoms with E-state index in [9.17, 15) is 22.8 Å². The second-order valence-corrected chi connectivity index (χ2v) is 6.22. The van der Waals surface area contributed by atoms with Crippen molar-refractivity contribution in [3.8, 4) is 0 Å². The van der Waals surface area contributed by atoms with E-state index in [1.807, 2.05) is 0 Å². The quantitative estimate of drug-likeness (QED) is 0.784. The van der Waals surface area contributed by atoms with Crippen LogP contribution in [-0.2, 0) is 4.79 Å². The number of aromatic nitrogens is 1. The molecule has 1 aromatic rings. The van der Waals surface area contributed by atoms with Gasteiger partial charge in [0, 0.05) is 25.0 Å². The summed E-state index contributed by atoms with van der Waals surface area (Å²) in [5, 5.41) is 2.18. The summed E-state index contributed by atoms with van der Waals surface area (Å²) in [5.41, 5.74) is 0.0313. The molecule has 2 rings (SSSR count). The van der Waals surface area contributed by atoms with Gasteiger partial charge in [-0.25, -0.2) is 0 Å². The Bertz CT molecular complexity index is 628. The first-order valence-corrected chi connectivity index (χ1v) is 8.54. The second kappa shape index (κ2) is 8.82. The lowest BCUT2D eigenvalue weighted by Gasteiger charge is -2.39. The van der Waals surface area contributed by atoms with Gasteiger partial charge in [0.25, 0.3) is 11.8 Å². The van der Waals surface area contributed by atoms with Crippen LogP contribution in [0.1, 0.15) is 42.5 Å². The van der Waals surface area contributed by atoms with Crippen molar-refractivity contribution in [1.29, 1.82) is 0 Å². The minimum Gasteiger partial charge on any atom is -0.351 e. The molecule has 1 fully saturated rings. The topological polar surface area (TPSA) is 62.3 Å². The lowest BCUT2D eigenvalue weighted by molar-refractivity contribution is -0.188. The number of hydrogen-bond acceptors (Lipinski definition) is 3. The van der Waals surface area contributed by atoms with Crippen LogP contribution in [0.25, 0.3) is 0 Å². The van der Waals surface area contributed by atoms with Crippen LogP contribution in [-0.4, -0.2) is 46.5 Å². The Morgan fingerprint density at radius 2 is 2.04 bits per heavy atom. The van der Waals surface area contributed by atoms with E-state index in [0.717, 1.165) is 19.3 Å². The summed E-state index contributed by atoms with van der Waals surface area (Å²) < 4.78 is 41.3. The smallest absolute Gasteiger partial charge is 0.351 e. The van der Waals surface area contributed by atoms with Crippen molar-refractivity contribution in [3.63, 3.8) is 0 Å². The number of nitrogens with one attached hydrogen (secondary N) is 1. The summed E-state index contributed by atoms with van der Waals surface area (Å²) in [5.74, 6) is -2.08. The fourth-order valence-corrected chi connectivity index (χ4v) is 3.19. The van der Waals surface area contributed by atoms with Crippen molar-refractivity contribution in [2.24, 2.45) is 0 Å². The molecule has 1 aliphatic rings. The summed E-state index contributed by atoms with van der Waals surface area (Å²) in [7, 11) is 0. The van der Waals surface area contributed by atoms with Crippen molar-refractivity contribution < 1.29 is 22.8 Å². The zero-order valence-corrected chi connectivity index (χ0v) is 14.3. The zero-order valence-electron chi connectivity index (χ0n) is 14.3. The van der Waals surface area contributed by atoms with Gasteiger partial charge in [-0.3, -0.25) is 14.6 Å². The third-order valence-electron chi connectivity index (χ3n) is 4.37. The first-order valence-electron chi connectivity index (χ1n) is 8.54. The van der Waals surface area contributed by atoms with Crippen molar-refractivity contribution in [3.05, 3.63) is 42.7 Å². The van der Waals surface area contributed by atoms with E-state index in [2.05, 4.69) is 16.9 Å². The van der Waals surface area contributed by atoms with Crippen LogP contribution in [0.3, 0.4) is 0 Å². The van der Waals surface area contributed by atoms with Crippen LogP contribution in [0.15, 0.2) is 37.2 Å². The Hall–Kier alpha value is -2.38. The number of amides is 2. The molecule has 142 valence electrons. The number of nitrogens with zero attached hydrogens (tertiary/aromatic N) is 2. The maximum atomic E-state index is 13.8. The monoisotopic (exact) mass is 369 g/mol. The summed E-state index contributed by atoms with van der Waals surface area (Å²) in [6, 6.07) is -0.303. The number of hydrogen-bond donors (Lipinski definition) is 1. The largest absolute Gasteiger partial charge is 0.417 e. The normalized spacial score (nSPS) is 16.6. The van der Waals surface area contributed by atoms with Gasteiger partial charge in [-0.1, -0.05) is 25.3 Å². The van der Waals surface area contributed by atoms with Crippen molar-refractivity contribution in [2.45, 2.75) is 50.4 Å². The van der Waals surface area contributed by atoms with Crippen LogP contribution in [0.4, 0.5) is 13.2 Å². The molecule has 8 heteroatoms. The Morgan fingerprint density at radius 3 is 2.58 bits per heavy atom. The fraction of sp³-hybridized carbons (Fsp3) is 0.500. The molecule has 5 nitrogen and oxygen atoms in total. The molecular weight excluding hydrogens is 347 g/mol. The van der Waals surface area contributed by atoms with E-state index in [0.29, 0.717) is 17.7 Å². The standard InChI is InChI=1S/C18H22F3N3O2/c1-2-10-23-16(25)15(18(19,20)21)24(14-8-4-3-5-9-14)17(26)13-7-6-11-22-12-13/h2,6-7,11-12,14-15H,1,3-5,8-10H2,(H,23,25). The van der Waals surface area contributed by atoms with E-state index in [1.165, 1.54) is 30.6 Å². The van der Waals surface area contributed by atoms with Gasteiger partial charge in [0.05, 0.1) is 5.56 Å². The lowest BCUT2D eigenvalue weighted by atomic mass is 9.92. The van der Waals surface area contributed by atoms with Gasteiger partial charge in [-0.15, -0.1) is 6.58 Å². The molecule has 0 aromatic carbocycles. The predicted molar refractivity (Wildman–Crippen MR) is 90.3 cm³/mol. The third kappa shape index (κ3) is 4.83. The number of alkyl halides is 3. The van der Waals surface area contributed by atoms with Crippen LogP contribution in [0, 0.1) is 0 Å². The van der Waals surface area contributed by atoms with Crippen LogP contribution >= 0.6 is 0 Å². The molecule has 1 saturated carbocycles. The minimum absolute atomic E-state index is 0.0313. The molecule has 0 bridgehead atoms. The first kappa shape index (κ1) is 19.9. The molecular formula is C18H22F3N3O2. The Balaban J connectivity index is 2.42. The van der Waals surface area contributed by atoms with Crippen molar-refractivity contribution >= 4 is 11.8 Å². The molecule has 2 amide bonds. The predicted octanol–water partition coefficient (Wildman–Crippen LogP) is 3.09. The SMILES string of the molecule is C=CCNC(=O)C(N(C(=O)c1cccnc1)C1CCCCC1)C(F)(F)F. The molecule has 1 heterocycles. The highest BCUT2D eigenvalue weighted by Gasteiger charge is 2.52. The van der Waals surface area contributed by atoms with Gasteiger partial charge in [-0.05, 0) is 25.0 Å². The average molecular weight is 369 g/mol. The van der Waals surface area contributed by atoms with E-state index in [-0.39, 0.29) is 12.1 Å². The van der Waals surface area contributed by atoms with E-state index in [4.69, 9.17) is 0 Å². The number of halogens is 3. The van der Waals surface area contributed by atoms with Crippen molar-refractivity contribution in [2.75, 3.05) is 6.54 Å². The van der Waals surface area contributed by atoms with Gasteiger partial charge < -0.3 is 10.2 Å². The molecule has 0 radical (unpaired) electrons. The summed E-state index contributed by atoms with van der Waals surface area (Å²) in [4.78, 5) is 29.7. The van der Waals surface area contributed by atoms with Crippen LogP contribution in [0.2, 0.25) is 0 Å². The number of carbonyl (C=O) groups is 2. The van der Waals surface area contributed by atoms with Crippen LogP contribution in [0.5, 0.6) is 0 Å². The Morgan fingerprint density at radius 1 is 1.35 bits per heavy atom. The molecule has 0 spiro atoms. The molecule has 0 saturated heterocycles. The first-order chi connectivity index (χ1) is 12.4. The molecule has 1 atom stereocenters. The number of pyridine rings is 1. The molecule has 26 heavy (non-hydrogen) atoms. The Labute approximate surface area is 150 Å². The maximum Gasteiger partial charge on any atom is 0.417 e. The highest BCUT2D eigenvalue weighted by molar-refractivity contribution is 5.98. The van der Waals surface area contributed by atoms with Gasteiger partial charge in [0.2, 0.25) is 6.04 Å². The second-order valence-electron chi connectivity index (χ2n) is 6.22. The van der Waals surface area contributed by atoms with E-state index in [1.54, 1.807) is 0 Å². The summed E-state index contributed by atoms with van der Waals surface area (Å²) >= 11 is 0. The average Bonchev–Trinajstić information content (AvgIpc) is 2.64. The molecule has 1 aromatic heterocycles. The van der Waals surface area contributed by atoms with E-state index >= 15 is 0 Å². The van der Waals surface area contributed by atoms with Gasteiger partial charge in [-0.2, -0.15) is 13.2 Å². The summed E-state index contributed by atoms with van der Waals surface area (Å²) in [6.45, 7) is 3.28. The van der Waals surface area contributed by atoms with Crippen molar-refractivity contribution in [1.82, 2.24) is 15.2 Å². The molecule has 1 aliphatic carbocycles. The summed E-state index contributed by atoms with van der Waals surface area (Å²) in [6.07, 6.45) is 2.28. The van der Waals surface area contributed by atoms with Gasteiger partial charge >= 0.3 is 6.18 Å². The van der Waals surface area contributed by atoms with Crippen LogP contribution < -0.4 is 5.32 Å². The maximum absolute atomic E-state index is 13.8. The number of rotatable bonds is 6. The lowest BCUT2D eigenvalue weighted by Crippen LogP contribution is -2.60. The minimum atomic E-state index is -4.89. The third-order valence-corrected chi connectivity index (χ3v) is 4.37. The highest BCUT2D eigenvalue weighted by atomic mass is 19.4. The molecule has 1 unspecified atom stereocenters. The van der Waals surface area contributed by atoms with E-state index < -0.39 is 30.1 Å². The van der Waals surface area contributed by atoms with Gasteiger partial charge in [0.1, 0.15) is 0 Å².